The van der Waals surface area contributed by atoms with Crippen LogP contribution in [0, 0.1) is 6.92 Å². The molecule has 1 atom stereocenters. The number of carbonyl (C=O) groups is 1. The predicted molar refractivity (Wildman–Crippen MR) is 85.1 cm³/mol. The van der Waals surface area contributed by atoms with Gasteiger partial charge in [0, 0.05) is 18.5 Å². The van der Waals surface area contributed by atoms with E-state index in [9.17, 15) is 4.79 Å². The van der Waals surface area contributed by atoms with Crippen molar-refractivity contribution < 1.29 is 14.3 Å². The molecule has 1 aromatic carbocycles. The highest BCUT2D eigenvalue weighted by molar-refractivity contribution is 5.81. The second kappa shape index (κ2) is 6.32. The van der Waals surface area contributed by atoms with Gasteiger partial charge in [-0.25, -0.2) is 4.98 Å². The number of carbonyl (C=O) groups excluding carboxylic acids is 1. The number of ether oxygens (including phenoxy) is 2. The third-order valence-electron chi connectivity index (χ3n) is 3.95. The minimum atomic E-state index is -0.241. The molecule has 0 unspecified atom stereocenters. The van der Waals surface area contributed by atoms with Crippen LogP contribution in [0.4, 0.5) is 5.82 Å². The van der Waals surface area contributed by atoms with Gasteiger partial charge in [-0.3, -0.25) is 4.79 Å². The van der Waals surface area contributed by atoms with E-state index in [1.54, 1.807) is 0 Å². The van der Waals surface area contributed by atoms with Crippen molar-refractivity contribution in [2.24, 2.45) is 0 Å². The molecular weight excluding hydrogens is 280 g/mol. The third-order valence-corrected chi connectivity index (χ3v) is 3.95. The second-order valence-electron chi connectivity index (χ2n) is 5.54. The van der Waals surface area contributed by atoms with Crippen LogP contribution in [-0.4, -0.2) is 43.9 Å². The lowest BCUT2D eigenvalue weighted by atomic mass is 10.1. The minimum Gasteiger partial charge on any atom is -0.469 e. The number of hydrogen-bond acceptors (Lipinski definition) is 5. The molecule has 5 nitrogen and oxygen atoms in total. The molecule has 0 bridgehead atoms. The van der Waals surface area contributed by atoms with Crippen LogP contribution in [-0.2, 0) is 14.3 Å². The van der Waals surface area contributed by atoms with Crippen molar-refractivity contribution in [2.75, 3.05) is 31.7 Å². The van der Waals surface area contributed by atoms with Crippen LogP contribution in [0.3, 0.4) is 0 Å². The number of benzene rings is 1. The van der Waals surface area contributed by atoms with Crippen molar-refractivity contribution in [1.29, 1.82) is 0 Å². The van der Waals surface area contributed by atoms with Crippen LogP contribution >= 0.6 is 0 Å². The van der Waals surface area contributed by atoms with Crippen LogP contribution in [0.25, 0.3) is 10.9 Å². The Kier molecular flexibility index (Phi) is 4.24. The smallest absolute Gasteiger partial charge is 0.308 e. The van der Waals surface area contributed by atoms with Gasteiger partial charge in [-0.15, -0.1) is 0 Å². The molecule has 0 amide bonds. The van der Waals surface area contributed by atoms with E-state index in [4.69, 9.17) is 14.5 Å². The zero-order valence-corrected chi connectivity index (χ0v) is 12.9. The summed E-state index contributed by atoms with van der Waals surface area (Å²) in [7, 11) is 1.40. The number of morpholine rings is 1. The topological polar surface area (TPSA) is 51.7 Å². The number of hydrogen-bond donors (Lipinski definition) is 0. The average molecular weight is 300 g/mol. The van der Waals surface area contributed by atoms with E-state index in [1.807, 2.05) is 18.2 Å². The molecule has 0 N–H and O–H groups in total. The number of pyridine rings is 1. The Morgan fingerprint density at radius 2 is 2.27 bits per heavy atom. The fourth-order valence-electron chi connectivity index (χ4n) is 2.84. The SMILES string of the molecule is COC(=O)C[C@@H]1CN(c2nc3ccccc3cc2C)CCO1. The molecular formula is C17H20N2O3. The highest BCUT2D eigenvalue weighted by atomic mass is 16.5. The molecule has 1 aliphatic heterocycles. The zero-order valence-electron chi connectivity index (χ0n) is 12.9. The summed E-state index contributed by atoms with van der Waals surface area (Å²) in [5, 5.41) is 1.14. The van der Waals surface area contributed by atoms with E-state index in [0.29, 0.717) is 13.2 Å². The normalized spacial score (nSPS) is 18.5. The lowest BCUT2D eigenvalue weighted by Gasteiger charge is -2.34. The Balaban J connectivity index is 1.83. The Labute approximate surface area is 129 Å². The van der Waals surface area contributed by atoms with Gasteiger partial charge in [-0.1, -0.05) is 18.2 Å². The largest absolute Gasteiger partial charge is 0.469 e. The highest BCUT2D eigenvalue weighted by Gasteiger charge is 2.25. The van der Waals surface area contributed by atoms with Crippen molar-refractivity contribution >= 4 is 22.7 Å². The molecule has 0 saturated carbocycles. The van der Waals surface area contributed by atoms with Crippen molar-refractivity contribution in [3.05, 3.63) is 35.9 Å². The van der Waals surface area contributed by atoms with Gasteiger partial charge in [0.1, 0.15) is 5.82 Å². The Hall–Kier alpha value is -2.14. The standard InChI is InChI=1S/C17H20N2O3/c1-12-9-13-5-3-4-6-15(13)18-17(12)19-7-8-22-14(11-19)10-16(20)21-2/h3-6,9,14H,7-8,10-11H2,1-2H3/t14-/m1/s1. The van der Waals surface area contributed by atoms with Gasteiger partial charge in [0.05, 0.1) is 31.8 Å². The molecule has 2 heterocycles. The van der Waals surface area contributed by atoms with E-state index < -0.39 is 0 Å². The summed E-state index contributed by atoms with van der Waals surface area (Å²) in [5.41, 5.74) is 2.12. The van der Waals surface area contributed by atoms with Crippen molar-refractivity contribution in [3.63, 3.8) is 0 Å². The molecule has 0 aliphatic carbocycles. The van der Waals surface area contributed by atoms with E-state index in [1.165, 1.54) is 7.11 Å². The van der Waals surface area contributed by atoms with Crippen molar-refractivity contribution in [3.8, 4) is 0 Å². The number of nitrogens with zero attached hydrogens (tertiary/aromatic N) is 2. The lowest BCUT2D eigenvalue weighted by Crippen LogP contribution is -2.44. The Morgan fingerprint density at radius 3 is 3.09 bits per heavy atom. The number of esters is 1. The number of anilines is 1. The maximum absolute atomic E-state index is 11.4. The summed E-state index contributed by atoms with van der Waals surface area (Å²) >= 11 is 0. The van der Waals surface area contributed by atoms with Gasteiger partial charge in [-0.05, 0) is 24.6 Å². The third kappa shape index (κ3) is 3.04. The summed E-state index contributed by atoms with van der Waals surface area (Å²) < 4.78 is 10.4. The lowest BCUT2D eigenvalue weighted by molar-refractivity contribution is -0.144. The first-order chi connectivity index (χ1) is 10.7. The van der Waals surface area contributed by atoms with Crippen LogP contribution < -0.4 is 4.90 Å². The number of aromatic nitrogens is 1. The van der Waals surface area contributed by atoms with E-state index in [2.05, 4.69) is 24.0 Å². The zero-order chi connectivity index (χ0) is 15.5. The predicted octanol–water partition coefficient (Wildman–Crippen LogP) is 2.31. The van der Waals surface area contributed by atoms with Crippen molar-refractivity contribution in [2.45, 2.75) is 19.4 Å². The highest BCUT2D eigenvalue weighted by Crippen LogP contribution is 2.25. The Morgan fingerprint density at radius 1 is 1.45 bits per heavy atom. The first-order valence-corrected chi connectivity index (χ1v) is 7.47. The molecule has 0 radical (unpaired) electrons. The summed E-state index contributed by atoms with van der Waals surface area (Å²) in [6.07, 6.45) is 0.133. The summed E-state index contributed by atoms with van der Waals surface area (Å²) in [6, 6.07) is 10.3. The quantitative estimate of drug-likeness (QED) is 0.814. The number of methoxy groups -OCH3 is 1. The fraction of sp³-hybridized carbons (Fsp3) is 0.412. The monoisotopic (exact) mass is 300 g/mol. The van der Waals surface area contributed by atoms with Gasteiger partial charge in [0.25, 0.3) is 0 Å². The van der Waals surface area contributed by atoms with Crippen LogP contribution in [0.15, 0.2) is 30.3 Å². The molecule has 3 rings (SSSR count). The number of fused-ring (bicyclic) bond motifs is 1. The first kappa shape index (κ1) is 14.8. The summed E-state index contributed by atoms with van der Waals surface area (Å²) in [5.74, 6) is 0.729. The van der Waals surface area contributed by atoms with E-state index in [-0.39, 0.29) is 18.5 Å². The molecule has 0 spiro atoms. The van der Waals surface area contributed by atoms with Gasteiger partial charge < -0.3 is 14.4 Å². The van der Waals surface area contributed by atoms with Gasteiger partial charge in [-0.2, -0.15) is 0 Å². The molecule has 116 valence electrons. The van der Waals surface area contributed by atoms with Crippen molar-refractivity contribution in [1.82, 2.24) is 4.98 Å². The molecule has 1 aromatic heterocycles. The molecule has 22 heavy (non-hydrogen) atoms. The first-order valence-electron chi connectivity index (χ1n) is 7.47. The molecule has 1 aliphatic rings. The maximum atomic E-state index is 11.4. The Bertz CT molecular complexity index is 687. The molecule has 2 aromatic rings. The second-order valence-corrected chi connectivity index (χ2v) is 5.54. The summed E-state index contributed by atoms with van der Waals surface area (Å²) in [6.45, 7) is 4.10. The van der Waals surface area contributed by atoms with Gasteiger partial charge in [0.2, 0.25) is 0 Å². The number of rotatable bonds is 3. The molecule has 1 fully saturated rings. The maximum Gasteiger partial charge on any atom is 0.308 e. The van der Waals surface area contributed by atoms with Gasteiger partial charge in [0.15, 0.2) is 0 Å². The molecule has 5 heteroatoms. The fourth-order valence-corrected chi connectivity index (χ4v) is 2.84. The van der Waals surface area contributed by atoms with Crippen LogP contribution in [0.1, 0.15) is 12.0 Å². The minimum absolute atomic E-state index is 0.145. The average Bonchev–Trinajstić information content (AvgIpc) is 2.54. The van der Waals surface area contributed by atoms with Crippen LogP contribution in [0.2, 0.25) is 0 Å². The number of para-hydroxylation sites is 1. The van der Waals surface area contributed by atoms with E-state index in [0.717, 1.165) is 28.8 Å². The summed E-state index contributed by atoms with van der Waals surface area (Å²) in [4.78, 5) is 18.4. The number of aryl methyl sites for hydroxylation is 1. The van der Waals surface area contributed by atoms with Gasteiger partial charge >= 0.3 is 5.97 Å². The molecule has 1 saturated heterocycles. The van der Waals surface area contributed by atoms with Crippen LogP contribution in [0.5, 0.6) is 0 Å². The van der Waals surface area contributed by atoms with E-state index >= 15 is 0 Å².